The number of ether oxygens (including phenoxy) is 1. The Balaban J connectivity index is 1.33. The van der Waals surface area contributed by atoms with E-state index < -0.39 is 40.6 Å². The van der Waals surface area contributed by atoms with Gasteiger partial charge in [-0.05, 0) is 53.9 Å². The maximum atomic E-state index is 13.8. The van der Waals surface area contributed by atoms with E-state index in [0.29, 0.717) is 27.8 Å². The highest BCUT2D eigenvalue weighted by molar-refractivity contribution is 8.00. The predicted octanol–water partition coefficient (Wildman–Crippen LogP) is 6.14. The van der Waals surface area contributed by atoms with Crippen LogP contribution >= 0.6 is 23.1 Å². The Labute approximate surface area is 234 Å². The normalized spacial score (nSPS) is 20.4. The summed E-state index contributed by atoms with van der Waals surface area (Å²) in [6.45, 7) is 2.38. The molecule has 2 aliphatic rings. The summed E-state index contributed by atoms with van der Waals surface area (Å²) in [5, 5.41) is -0.407. The molecule has 2 amide bonds. The van der Waals surface area contributed by atoms with E-state index in [1.165, 1.54) is 12.1 Å². The van der Waals surface area contributed by atoms with Crippen LogP contribution in [0.3, 0.4) is 0 Å². The van der Waals surface area contributed by atoms with Gasteiger partial charge in [-0.15, -0.1) is 0 Å². The van der Waals surface area contributed by atoms with Crippen LogP contribution in [-0.4, -0.2) is 22.0 Å². The highest BCUT2D eigenvalue weighted by Crippen LogP contribution is 2.53. The maximum absolute atomic E-state index is 13.8. The number of carbonyl (C=O) groups excluding carboxylic acids is 2. The largest absolute Gasteiger partial charge is 0.489 e. The summed E-state index contributed by atoms with van der Waals surface area (Å²) < 4.78 is 46.1. The molecule has 204 valence electrons. The molecule has 3 aromatic carbocycles. The molecule has 0 radical (unpaired) electrons. The van der Waals surface area contributed by atoms with Crippen molar-refractivity contribution in [3.63, 3.8) is 0 Å². The SMILES string of the molecule is Cc1ccccc1COc1ccc(C2c3sc(=O)[nH]c3SC3C(=O)N(c4cccc(C(F)(F)F)c4)C(=O)C32)cc1. The zero-order valence-electron chi connectivity index (χ0n) is 20.9. The van der Waals surface area contributed by atoms with Crippen LogP contribution in [-0.2, 0) is 22.4 Å². The van der Waals surface area contributed by atoms with Crippen molar-refractivity contribution in [2.24, 2.45) is 5.92 Å². The summed E-state index contributed by atoms with van der Waals surface area (Å²) in [6, 6.07) is 19.2. The topological polar surface area (TPSA) is 79.5 Å². The lowest BCUT2D eigenvalue weighted by Gasteiger charge is -2.29. The maximum Gasteiger partial charge on any atom is 0.416 e. The number of rotatable bonds is 5. The second-order valence-corrected chi connectivity index (χ2v) is 11.8. The van der Waals surface area contributed by atoms with Gasteiger partial charge in [0.25, 0.3) is 0 Å². The number of hydrogen-bond donors (Lipinski definition) is 1. The lowest BCUT2D eigenvalue weighted by atomic mass is 9.83. The van der Waals surface area contributed by atoms with E-state index in [4.69, 9.17) is 4.74 Å². The molecule has 3 atom stereocenters. The van der Waals surface area contributed by atoms with Crippen molar-refractivity contribution >= 4 is 40.6 Å². The van der Waals surface area contributed by atoms with Crippen molar-refractivity contribution in [2.45, 2.75) is 35.9 Å². The fourth-order valence-corrected chi connectivity index (χ4v) is 7.67. The van der Waals surface area contributed by atoms with Gasteiger partial charge >= 0.3 is 11.0 Å². The molecule has 0 aliphatic carbocycles. The molecule has 3 unspecified atom stereocenters. The zero-order chi connectivity index (χ0) is 28.2. The number of nitrogens with zero attached hydrogens (tertiary/aromatic N) is 1. The van der Waals surface area contributed by atoms with Gasteiger partial charge in [0.2, 0.25) is 11.8 Å². The number of carbonyl (C=O) groups is 2. The van der Waals surface area contributed by atoms with E-state index in [2.05, 4.69) is 4.98 Å². The average molecular weight is 583 g/mol. The number of anilines is 1. The molecule has 1 fully saturated rings. The molecule has 1 N–H and O–H groups in total. The van der Waals surface area contributed by atoms with Gasteiger partial charge in [-0.1, -0.05) is 65.6 Å². The van der Waals surface area contributed by atoms with Crippen LogP contribution in [0.25, 0.3) is 0 Å². The smallest absolute Gasteiger partial charge is 0.416 e. The Bertz CT molecular complexity index is 1680. The van der Waals surface area contributed by atoms with Crippen molar-refractivity contribution in [3.8, 4) is 5.75 Å². The Morgan fingerprint density at radius 1 is 0.950 bits per heavy atom. The van der Waals surface area contributed by atoms with Gasteiger partial charge in [0.1, 0.15) is 17.6 Å². The summed E-state index contributed by atoms with van der Waals surface area (Å²) in [6.07, 6.45) is -4.63. The lowest BCUT2D eigenvalue weighted by Crippen LogP contribution is -2.32. The van der Waals surface area contributed by atoms with Gasteiger partial charge in [0.05, 0.1) is 22.2 Å². The van der Waals surface area contributed by atoms with Crippen LogP contribution in [0, 0.1) is 12.8 Å². The van der Waals surface area contributed by atoms with Gasteiger partial charge in [-0.2, -0.15) is 13.2 Å². The van der Waals surface area contributed by atoms with Gasteiger partial charge < -0.3 is 9.72 Å². The molecule has 1 saturated heterocycles. The molecule has 11 heteroatoms. The van der Waals surface area contributed by atoms with Crippen molar-refractivity contribution < 1.29 is 27.5 Å². The number of thioether (sulfide) groups is 1. The number of aromatic amines is 1. The van der Waals surface area contributed by atoms with Crippen molar-refractivity contribution in [1.82, 2.24) is 4.98 Å². The quantitative estimate of drug-likeness (QED) is 0.286. The second kappa shape index (κ2) is 9.97. The Hall–Kier alpha value is -3.83. The lowest BCUT2D eigenvalue weighted by molar-refractivity contribution is -0.137. The number of amides is 2. The number of alkyl halides is 3. The molecular weight excluding hydrogens is 561 g/mol. The number of hydrogen-bond acceptors (Lipinski definition) is 6. The van der Waals surface area contributed by atoms with Gasteiger partial charge in [0.15, 0.2) is 0 Å². The zero-order valence-corrected chi connectivity index (χ0v) is 22.5. The number of fused-ring (bicyclic) bond motifs is 2. The minimum Gasteiger partial charge on any atom is -0.489 e. The molecule has 3 heterocycles. The number of benzene rings is 3. The molecule has 2 aliphatic heterocycles. The minimum absolute atomic E-state index is 0.129. The number of aryl methyl sites for hydroxylation is 1. The molecule has 4 aromatic rings. The third-order valence-electron chi connectivity index (χ3n) is 7.15. The third-order valence-corrected chi connectivity index (χ3v) is 9.55. The number of aromatic nitrogens is 1. The van der Waals surface area contributed by atoms with Crippen LogP contribution in [0.1, 0.15) is 33.0 Å². The number of H-pyrrole nitrogens is 1. The molecular formula is C29H21F3N2O4S2. The monoisotopic (exact) mass is 582 g/mol. The Morgan fingerprint density at radius 3 is 2.42 bits per heavy atom. The Morgan fingerprint density at radius 2 is 1.70 bits per heavy atom. The Kier molecular flexibility index (Phi) is 6.58. The summed E-state index contributed by atoms with van der Waals surface area (Å²) in [4.78, 5) is 43.5. The summed E-state index contributed by atoms with van der Waals surface area (Å²) in [5.74, 6) is -2.14. The van der Waals surface area contributed by atoms with Gasteiger partial charge in [-0.3, -0.25) is 14.4 Å². The van der Waals surface area contributed by atoms with E-state index in [1.807, 2.05) is 31.2 Å². The molecule has 40 heavy (non-hydrogen) atoms. The molecule has 0 saturated carbocycles. The van der Waals surface area contributed by atoms with E-state index in [-0.39, 0.29) is 10.6 Å². The fraction of sp³-hybridized carbons (Fsp3) is 0.207. The number of thiazole rings is 1. The van der Waals surface area contributed by atoms with Gasteiger partial charge in [-0.25, -0.2) is 4.90 Å². The van der Waals surface area contributed by atoms with Crippen LogP contribution in [0.4, 0.5) is 18.9 Å². The minimum atomic E-state index is -4.63. The van der Waals surface area contributed by atoms with Crippen LogP contribution in [0.15, 0.2) is 82.6 Å². The van der Waals surface area contributed by atoms with Gasteiger partial charge in [0, 0.05) is 10.8 Å². The van der Waals surface area contributed by atoms with Crippen molar-refractivity contribution in [3.05, 3.63) is 110 Å². The standard InChI is InChI=1S/C29H21F3N2O4S2/c1-15-5-2-3-6-17(15)14-38-20-11-9-16(10-12-20)21-22-24(39-25-23(21)40-28(37)33-25)27(36)34(26(22)35)19-8-4-7-18(13-19)29(30,31)32/h2-13,21-22,24H,14H2,1H3,(H,33,37). The number of imide groups is 1. The van der Waals surface area contributed by atoms with E-state index >= 15 is 0 Å². The molecule has 1 aromatic heterocycles. The first-order valence-corrected chi connectivity index (χ1v) is 14.0. The molecule has 0 spiro atoms. The highest BCUT2D eigenvalue weighted by Gasteiger charge is 2.56. The number of halogens is 3. The van der Waals surface area contributed by atoms with E-state index in [9.17, 15) is 27.6 Å². The highest BCUT2D eigenvalue weighted by atomic mass is 32.2. The molecule has 6 nitrogen and oxygen atoms in total. The fourth-order valence-electron chi connectivity index (χ4n) is 5.16. The molecule has 6 rings (SSSR count). The van der Waals surface area contributed by atoms with E-state index in [0.717, 1.165) is 51.3 Å². The van der Waals surface area contributed by atoms with Crippen LogP contribution in [0.2, 0.25) is 0 Å². The van der Waals surface area contributed by atoms with Crippen molar-refractivity contribution in [1.29, 1.82) is 0 Å². The van der Waals surface area contributed by atoms with Crippen molar-refractivity contribution in [2.75, 3.05) is 4.90 Å². The second-order valence-electron chi connectivity index (χ2n) is 9.59. The average Bonchev–Trinajstić information content (AvgIpc) is 3.42. The third kappa shape index (κ3) is 4.62. The van der Waals surface area contributed by atoms with E-state index in [1.54, 1.807) is 24.3 Å². The summed E-state index contributed by atoms with van der Waals surface area (Å²) in [5.41, 5.74) is 1.77. The molecule has 0 bridgehead atoms. The summed E-state index contributed by atoms with van der Waals surface area (Å²) in [7, 11) is 0. The van der Waals surface area contributed by atoms with Crippen LogP contribution in [0.5, 0.6) is 5.75 Å². The van der Waals surface area contributed by atoms with Crippen LogP contribution < -0.4 is 14.5 Å². The number of nitrogens with one attached hydrogen (secondary N) is 1. The first-order chi connectivity index (χ1) is 19.1. The summed E-state index contributed by atoms with van der Waals surface area (Å²) >= 11 is 2.04. The predicted molar refractivity (Wildman–Crippen MR) is 146 cm³/mol. The first kappa shape index (κ1) is 26.4. The first-order valence-electron chi connectivity index (χ1n) is 12.3.